The number of phenols is 1. The molecule has 2 N–H and O–H groups in total. The Morgan fingerprint density at radius 1 is 1.19 bits per heavy atom. The van der Waals surface area contributed by atoms with E-state index in [4.69, 9.17) is 4.74 Å². The second-order valence-corrected chi connectivity index (χ2v) is 6.15. The number of hydrogen-bond donors (Lipinski definition) is 2. The minimum atomic E-state index is -3.79. The van der Waals surface area contributed by atoms with Gasteiger partial charge in [-0.1, -0.05) is 19.1 Å². The molecule has 112 valence electrons. The average molecular weight is 307 g/mol. The van der Waals surface area contributed by atoms with Crippen LogP contribution in [-0.2, 0) is 16.4 Å². The largest absolute Gasteiger partial charge is 0.508 e. The summed E-state index contributed by atoms with van der Waals surface area (Å²) in [5.41, 5.74) is 1.19. The van der Waals surface area contributed by atoms with E-state index in [0.717, 1.165) is 12.0 Å². The fraction of sp³-hybridized carbons (Fsp3) is 0.200. The zero-order chi connectivity index (χ0) is 15.5. The number of hydrogen-bond acceptors (Lipinski definition) is 4. The Kier molecular flexibility index (Phi) is 4.37. The molecule has 2 rings (SSSR count). The quantitative estimate of drug-likeness (QED) is 0.890. The lowest BCUT2D eigenvalue weighted by Crippen LogP contribution is -2.14. The first-order valence-corrected chi connectivity index (χ1v) is 7.93. The van der Waals surface area contributed by atoms with Gasteiger partial charge in [-0.15, -0.1) is 0 Å². The van der Waals surface area contributed by atoms with Gasteiger partial charge >= 0.3 is 0 Å². The highest BCUT2D eigenvalue weighted by molar-refractivity contribution is 7.92. The Morgan fingerprint density at radius 3 is 2.57 bits per heavy atom. The van der Waals surface area contributed by atoms with Gasteiger partial charge in [0.1, 0.15) is 16.4 Å². The summed E-state index contributed by atoms with van der Waals surface area (Å²) in [7, 11) is -2.37. The molecule has 2 aromatic carbocycles. The third-order valence-electron chi connectivity index (χ3n) is 3.02. The van der Waals surface area contributed by atoms with Crippen LogP contribution in [0.4, 0.5) is 5.69 Å². The third-order valence-corrected chi connectivity index (χ3v) is 4.43. The van der Waals surface area contributed by atoms with Crippen LogP contribution in [0, 0.1) is 0 Å². The molecule has 6 heteroatoms. The van der Waals surface area contributed by atoms with Gasteiger partial charge in [-0.3, -0.25) is 4.72 Å². The summed E-state index contributed by atoms with van der Waals surface area (Å²) < 4.78 is 32.5. The Bertz CT molecular complexity index is 741. The molecule has 0 aliphatic rings. The molecule has 0 aromatic heterocycles. The maximum absolute atomic E-state index is 12.5. The molecule has 0 aliphatic heterocycles. The summed E-state index contributed by atoms with van der Waals surface area (Å²) >= 11 is 0. The molecule has 0 fully saturated rings. The van der Waals surface area contributed by atoms with Crippen molar-refractivity contribution < 1.29 is 18.3 Å². The van der Waals surface area contributed by atoms with E-state index in [1.54, 1.807) is 24.3 Å². The number of rotatable bonds is 5. The van der Waals surface area contributed by atoms with Crippen molar-refractivity contribution in [2.24, 2.45) is 0 Å². The van der Waals surface area contributed by atoms with Crippen molar-refractivity contribution in [1.29, 1.82) is 0 Å². The van der Waals surface area contributed by atoms with Crippen molar-refractivity contribution >= 4 is 15.7 Å². The zero-order valence-electron chi connectivity index (χ0n) is 11.8. The first-order chi connectivity index (χ1) is 9.96. The van der Waals surface area contributed by atoms with E-state index in [-0.39, 0.29) is 16.4 Å². The summed E-state index contributed by atoms with van der Waals surface area (Å²) in [6.45, 7) is 1.95. The first kappa shape index (κ1) is 15.2. The Labute approximate surface area is 124 Å². The van der Waals surface area contributed by atoms with Crippen molar-refractivity contribution in [2.75, 3.05) is 11.8 Å². The monoisotopic (exact) mass is 307 g/mol. The number of aromatic hydroxyl groups is 1. The molecule has 0 heterocycles. The number of anilines is 1. The van der Waals surface area contributed by atoms with Crippen molar-refractivity contribution in [3.8, 4) is 11.5 Å². The minimum Gasteiger partial charge on any atom is -0.508 e. The number of methoxy groups -OCH3 is 1. The number of nitrogens with one attached hydrogen (secondary N) is 1. The van der Waals surface area contributed by atoms with Crippen LogP contribution in [0.5, 0.6) is 11.5 Å². The van der Waals surface area contributed by atoms with Crippen molar-refractivity contribution in [2.45, 2.75) is 18.2 Å². The van der Waals surface area contributed by atoms with Crippen molar-refractivity contribution in [1.82, 2.24) is 0 Å². The zero-order valence-corrected chi connectivity index (χ0v) is 12.6. The Morgan fingerprint density at radius 2 is 1.95 bits per heavy atom. The van der Waals surface area contributed by atoms with E-state index < -0.39 is 10.0 Å². The maximum atomic E-state index is 12.5. The minimum absolute atomic E-state index is 0.00975. The topological polar surface area (TPSA) is 75.6 Å². The fourth-order valence-corrected chi connectivity index (χ4v) is 3.20. The van der Waals surface area contributed by atoms with Crippen LogP contribution in [0.3, 0.4) is 0 Å². The number of sulfonamides is 1. The predicted molar refractivity (Wildman–Crippen MR) is 81.3 cm³/mol. The van der Waals surface area contributed by atoms with E-state index in [0.29, 0.717) is 5.69 Å². The van der Waals surface area contributed by atoms with Crippen molar-refractivity contribution in [3.63, 3.8) is 0 Å². The average Bonchev–Trinajstić information content (AvgIpc) is 2.46. The van der Waals surface area contributed by atoms with Crippen LogP contribution >= 0.6 is 0 Å². The van der Waals surface area contributed by atoms with Gasteiger partial charge in [0.15, 0.2) is 0 Å². The Balaban J connectivity index is 2.43. The van der Waals surface area contributed by atoms with Gasteiger partial charge in [0.25, 0.3) is 10.0 Å². The lowest BCUT2D eigenvalue weighted by molar-refractivity contribution is 0.402. The van der Waals surface area contributed by atoms with Crippen LogP contribution in [0.25, 0.3) is 0 Å². The molecule has 0 bridgehead atoms. The molecule has 0 unspecified atom stereocenters. The summed E-state index contributed by atoms with van der Waals surface area (Å²) in [6.07, 6.45) is 0.721. The molecular formula is C15H17NO4S. The molecule has 0 aliphatic carbocycles. The lowest BCUT2D eigenvalue weighted by atomic mass is 10.2. The van der Waals surface area contributed by atoms with E-state index in [9.17, 15) is 13.5 Å². The summed E-state index contributed by atoms with van der Waals surface area (Å²) in [4.78, 5) is 0.0766. The maximum Gasteiger partial charge on any atom is 0.265 e. The van der Waals surface area contributed by atoms with Gasteiger partial charge in [0.2, 0.25) is 0 Å². The standard InChI is InChI=1S/C15H17NO4S/c1-3-11-7-8-14(20-2)15(9-11)21(18,19)16-12-5-4-6-13(17)10-12/h4-10,16-17H,3H2,1-2H3. The highest BCUT2D eigenvalue weighted by atomic mass is 32.2. The van der Waals surface area contributed by atoms with Crippen LogP contribution in [0.2, 0.25) is 0 Å². The van der Waals surface area contributed by atoms with E-state index >= 15 is 0 Å². The normalized spacial score (nSPS) is 11.1. The third kappa shape index (κ3) is 3.46. The van der Waals surface area contributed by atoms with Gasteiger partial charge in [-0.2, -0.15) is 0 Å². The molecule has 0 amide bonds. The number of benzene rings is 2. The summed E-state index contributed by atoms with van der Waals surface area (Å²) in [5, 5.41) is 9.40. The molecule has 0 spiro atoms. The van der Waals surface area contributed by atoms with E-state index in [1.807, 2.05) is 13.0 Å². The smallest absolute Gasteiger partial charge is 0.265 e. The summed E-state index contributed by atoms with van der Waals surface area (Å²) in [6, 6.07) is 11.0. The molecule has 0 saturated carbocycles. The van der Waals surface area contributed by atoms with Crippen LogP contribution in [0.15, 0.2) is 47.4 Å². The number of ether oxygens (including phenoxy) is 1. The van der Waals surface area contributed by atoms with Gasteiger partial charge in [0, 0.05) is 6.07 Å². The van der Waals surface area contributed by atoms with Gasteiger partial charge in [0.05, 0.1) is 12.8 Å². The van der Waals surface area contributed by atoms with Crippen LogP contribution in [-0.4, -0.2) is 20.6 Å². The van der Waals surface area contributed by atoms with Gasteiger partial charge < -0.3 is 9.84 Å². The molecule has 2 aromatic rings. The van der Waals surface area contributed by atoms with E-state index in [2.05, 4.69) is 4.72 Å². The number of aryl methyl sites for hydroxylation is 1. The van der Waals surface area contributed by atoms with Gasteiger partial charge in [-0.25, -0.2) is 8.42 Å². The fourth-order valence-electron chi connectivity index (χ4n) is 1.93. The molecule has 21 heavy (non-hydrogen) atoms. The molecule has 5 nitrogen and oxygen atoms in total. The lowest BCUT2D eigenvalue weighted by Gasteiger charge is -2.13. The Hall–Kier alpha value is -2.21. The van der Waals surface area contributed by atoms with E-state index in [1.165, 1.54) is 19.2 Å². The van der Waals surface area contributed by atoms with Crippen molar-refractivity contribution in [3.05, 3.63) is 48.0 Å². The second kappa shape index (κ2) is 6.05. The summed E-state index contributed by atoms with van der Waals surface area (Å²) in [5.74, 6) is 0.268. The van der Waals surface area contributed by atoms with Crippen LogP contribution < -0.4 is 9.46 Å². The van der Waals surface area contributed by atoms with Gasteiger partial charge in [-0.05, 0) is 36.2 Å². The predicted octanol–water partition coefficient (Wildman–Crippen LogP) is 2.76. The molecule has 0 radical (unpaired) electrons. The molecule has 0 atom stereocenters. The number of phenolic OH excluding ortho intramolecular Hbond substituents is 1. The van der Waals surface area contributed by atoms with Crippen LogP contribution in [0.1, 0.15) is 12.5 Å². The highest BCUT2D eigenvalue weighted by Crippen LogP contribution is 2.27. The molecule has 0 saturated heterocycles. The second-order valence-electron chi connectivity index (χ2n) is 4.49. The highest BCUT2D eigenvalue weighted by Gasteiger charge is 2.20. The SMILES string of the molecule is CCc1ccc(OC)c(S(=O)(=O)Nc2cccc(O)c2)c1. The molecular weight excluding hydrogens is 290 g/mol. The first-order valence-electron chi connectivity index (χ1n) is 6.45.